The second-order valence-electron chi connectivity index (χ2n) is 4.78. The van der Waals surface area contributed by atoms with Crippen LogP contribution in [0, 0.1) is 0 Å². The average Bonchev–Trinajstić information content (AvgIpc) is 3.04. The van der Waals surface area contributed by atoms with E-state index in [1.54, 1.807) is 22.2 Å². The van der Waals surface area contributed by atoms with Gasteiger partial charge in [-0.15, -0.1) is 0 Å². The summed E-state index contributed by atoms with van der Waals surface area (Å²) in [5.74, 6) is 0.472. The van der Waals surface area contributed by atoms with Crippen molar-refractivity contribution in [2.45, 2.75) is 25.7 Å². The highest BCUT2D eigenvalue weighted by Crippen LogP contribution is 2.17. The first-order valence-electron chi connectivity index (χ1n) is 6.41. The molecule has 0 fully saturated rings. The van der Waals surface area contributed by atoms with Gasteiger partial charge in [-0.1, -0.05) is 6.92 Å². The Hall–Kier alpha value is -1.62. The smallest absolute Gasteiger partial charge is 0.220 e. The minimum atomic E-state index is 0.103. The maximum atomic E-state index is 11.8. The Bertz CT molecular complexity index is 519. The normalized spacial score (nSPS) is 12.3. The molecule has 5 heteroatoms. The van der Waals surface area contributed by atoms with E-state index in [2.05, 4.69) is 34.2 Å². The van der Waals surface area contributed by atoms with Crippen molar-refractivity contribution in [3.8, 4) is 0 Å². The monoisotopic (exact) mass is 277 g/mol. The van der Waals surface area contributed by atoms with Crippen molar-refractivity contribution in [3.05, 3.63) is 40.3 Å². The van der Waals surface area contributed by atoms with Crippen molar-refractivity contribution >= 4 is 17.2 Å². The second kappa shape index (κ2) is 6.52. The molecule has 1 N–H and O–H groups in total. The standard InChI is InChI=1S/C14H19N3OS/c1-11(13-5-6-19-10-13)7-15-14(18)4-3-12-8-16-17(2)9-12/h5-6,8-11H,3-4,7H2,1-2H3,(H,15,18). The zero-order valence-corrected chi connectivity index (χ0v) is 12.1. The fourth-order valence-electron chi connectivity index (χ4n) is 1.89. The molecular formula is C14H19N3OS. The third kappa shape index (κ3) is 4.21. The summed E-state index contributed by atoms with van der Waals surface area (Å²) >= 11 is 1.69. The summed E-state index contributed by atoms with van der Waals surface area (Å²) in [6, 6.07) is 2.11. The van der Waals surface area contributed by atoms with Gasteiger partial charge in [0.05, 0.1) is 6.20 Å². The van der Waals surface area contributed by atoms with E-state index in [0.717, 1.165) is 12.0 Å². The lowest BCUT2D eigenvalue weighted by Crippen LogP contribution is -2.27. The number of nitrogens with zero attached hydrogens (tertiary/aromatic N) is 2. The molecule has 1 amide bonds. The molecule has 2 aromatic heterocycles. The lowest BCUT2D eigenvalue weighted by atomic mass is 10.1. The van der Waals surface area contributed by atoms with Gasteiger partial charge in [-0.2, -0.15) is 16.4 Å². The zero-order valence-electron chi connectivity index (χ0n) is 11.3. The van der Waals surface area contributed by atoms with Gasteiger partial charge in [-0.3, -0.25) is 9.48 Å². The number of carbonyl (C=O) groups is 1. The summed E-state index contributed by atoms with van der Waals surface area (Å²) in [7, 11) is 1.88. The Morgan fingerprint density at radius 2 is 2.42 bits per heavy atom. The summed E-state index contributed by atoms with van der Waals surface area (Å²) in [5.41, 5.74) is 2.39. The van der Waals surface area contributed by atoms with Gasteiger partial charge >= 0.3 is 0 Å². The fraction of sp³-hybridized carbons (Fsp3) is 0.429. The molecule has 0 aliphatic rings. The molecule has 0 saturated carbocycles. The van der Waals surface area contributed by atoms with E-state index in [1.165, 1.54) is 5.56 Å². The van der Waals surface area contributed by atoms with Crippen LogP contribution in [0.3, 0.4) is 0 Å². The summed E-state index contributed by atoms with van der Waals surface area (Å²) < 4.78 is 1.76. The molecule has 19 heavy (non-hydrogen) atoms. The highest BCUT2D eigenvalue weighted by molar-refractivity contribution is 7.07. The van der Waals surface area contributed by atoms with Crippen molar-refractivity contribution < 1.29 is 4.79 Å². The highest BCUT2D eigenvalue weighted by atomic mass is 32.1. The number of rotatable bonds is 6. The minimum absolute atomic E-state index is 0.103. The molecule has 0 bridgehead atoms. The summed E-state index contributed by atoms with van der Waals surface area (Å²) in [5, 5.41) is 11.3. The molecule has 0 spiro atoms. The van der Waals surface area contributed by atoms with Crippen LogP contribution >= 0.6 is 11.3 Å². The molecule has 0 aliphatic carbocycles. The van der Waals surface area contributed by atoms with Gasteiger partial charge in [0.2, 0.25) is 5.91 Å². The molecule has 0 aromatic carbocycles. The van der Waals surface area contributed by atoms with E-state index in [4.69, 9.17) is 0 Å². The number of aromatic nitrogens is 2. The quantitative estimate of drug-likeness (QED) is 0.881. The first kappa shape index (κ1) is 13.8. The van der Waals surface area contributed by atoms with Crippen LogP contribution in [0.5, 0.6) is 0 Å². The zero-order chi connectivity index (χ0) is 13.7. The van der Waals surface area contributed by atoms with Crippen LogP contribution in [0.2, 0.25) is 0 Å². The number of hydrogen-bond acceptors (Lipinski definition) is 3. The molecule has 2 heterocycles. The van der Waals surface area contributed by atoms with Crippen LogP contribution < -0.4 is 5.32 Å². The van der Waals surface area contributed by atoms with Crippen molar-refractivity contribution in [1.82, 2.24) is 15.1 Å². The van der Waals surface area contributed by atoms with E-state index < -0.39 is 0 Å². The maximum absolute atomic E-state index is 11.8. The second-order valence-corrected chi connectivity index (χ2v) is 5.56. The Balaban J connectivity index is 1.70. The summed E-state index contributed by atoms with van der Waals surface area (Å²) in [4.78, 5) is 11.8. The Morgan fingerprint density at radius 3 is 3.05 bits per heavy atom. The van der Waals surface area contributed by atoms with Crippen LogP contribution in [0.4, 0.5) is 0 Å². The van der Waals surface area contributed by atoms with Gasteiger partial charge in [0.1, 0.15) is 0 Å². The van der Waals surface area contributed by atoms with Crippen LogP contribution in [0.1, 0.15) is 30.4 Å². The van der Waals surface area contributed by atoms with Gasteiger partial charge in [0.15, 0.2) is 0 Å². The molecular weight excluding hydrogens is 258 g/mol. The Morgan fingerprint density at radius 1 is 1.58 bits per heavy atom. The molecule has 102 valence electrons. The van der Waals surface area contributed by atoms with Crippen molar-refractivity contribution in [3.63, 3.8) is 0 Å². The van der Waals surface area contributed by atoms with E-state index in [-0.39, 0.29) is 5.91 Å². The van der Waals surface area contributed by atoms with Crippen molar-refractivity contribution in [2.75, 3.05) is 6.54 Å². The molecule has 0 radical (unpaired) electrons. The van der Waals surface area contributed by atoms with Crippen molar-refractivity contribution in [2.24, 2.45) is 7.05 Å². The SMILES string of the molecule is CC(CNC(=O)CCc1cnn(C)c1)c1ccsc1. The fourth-order valence-corrected chi connectivity index (χ4v) is 2.67. The van der Waals surface area contributed by atoms with Gasteiger partial charge in [0.25, 0.3) is 0 Å². The lowest BCUT2D eigenvalue weighted by Gasteiger charge is -2.11. The van der Waals surface area contributed by atoms with E-state index in [0.29, 0.717) is 18.9 Å². The van der Waals surface area contributed by atoms with E-state index in [9.17, 15) is 4.79 Å². The van der Waals surface area contributed by atoms with Crippen LogP contribution in [-0.2, 0) is 18.3 Å². The number of nitrogens with one attached hydrogen (secondary N) is 1. The molecule has 4 nitrogen and oxygen atoms in total. The van der Waals surface area contributed by atoms with Gasteiger partial charge in [-0.25, -0.2) is 0 Å². The molecule has 0 aliphatic heterocycles. The summed E-state index contributed by atoms with van der Waals surface area (Å²) in [6.07, 6.45) is 5.01. The lowest BCUT2D eigenvalue weighted by molar-refractivity contribution is -0.121. The number of thiophene rings is 1. The number of carbonyl (C=O) groups excluding carboxylic acids is 1. The first-order valence-corrected chi connectivity index (χ1v) is 7.35. The predicted molar refractivity (Wildman–Crippen MR) is 77.3 cm³/mol. The van der Waals surface area contributed by atoms with Crippen LogP contribution in [0.15, 0.2) is 29.2 Å². The number of hydrogen-bond donors (Lipinski definition) is 1. The highest BCUT2D eigenvalue weighted by Gasteiger charge is 2.08. The molecule has 1 atom stereocenters. The largest absolute Gasteiger partial charge is 0.355 e. The Labute approximate surface area is 117 Å². The topological polar surface area (TPSA) is 46.9 Å². The van der Waals surface area contributed by atoms with Crippen LogP contribution in [-0.4, -0.2) is 22.2 Å². The van der Waals surface area contributed by atoms with E-state index in [1.807, 2.05) is 13.2 Å². The molecule has 2 rings (SSSR count). The van der Waals surface area contributed by atoms with Gasteiger partial charge in [-0.05, 0) is 40.3 Å². The van der Waals surface area contributed by atoms with Crippen LogP contribution in [0.25, 0.3) is 0 Å². The number of aryl methyl sites for hydroxylation is 2. The third-order valence-corrected chi connectivity index (χ3v) is 3.82. The molecule has 2 aromatic rings. The molecule has 1 unspecified atom stereocenters. The van der Waals surface area contributed by atoms with Gasteiger partial charge < -0.3 is 5.32 Å². The van der Waals surface area contributed by atoms with E-state index >= 15 is 0 Å². The van der Waals surface area contributed by atoms with Gasteiger partial charge in [0, 0.05) is 26.2 Å². The average molecular weight is 277 g/mol. The van der Waals surface area contributed by atoms with Crippen molar-refractivity contribution in [1.29, 1.82) is 0 Å². The summed E-state index contributed by atoms with van der Waals surface area (Å²) in [6.45, 7) is 2.83. The third-order valence-electron chi connectivity index (χ3n) is 3.12. The first-order chi connectivity index (χ1) is 9.15. The number of amides is 1. The Kier molecular flexibility index (Phi) is 4.74. The molecule has 0 saturated heterocycles. The predicted octanol–water partition coefficient (Wildman–Crippen LogP) is 2.33. The maximum Gasteiger partial charge on any atom is 0.220 e. The minimum Gasteiger partial charge on any atom is -0.355 e.